The van der Waals surface area contributed by atoms with Crippen LogP contribution in [-0.4, -0.2) is 19.3 Å². The second-order valence-electron chi connectivity index (χ2n) is 6.77. The molecule has 4 rings (SSSR count). The molecule has 9 heteroatoms. The summed E-state index contributed by atoms with van der Waals surface area (Å²) < 4.78 is 3.26. The number of rotatable bonds is 4. The number of aromatic nitrogens is 3. The molecule has 0 bridgehead atoms. The van der Waals surface area contributed by atoms with Gasteiger partial charge in [0, 0.05) is 24.7 Å². The molecule has 1 saturated carbocycles. The summed E-state index contributed by atoms with van der Waals surface area (Å²) in [6.45, 7) is 0.656. The van der Waals surface area contributed by atoms with Crippen LogP contribution in [0.15, 0.2) is 35.3 Å². The summed E-state index contributed by atoms with van der Waals surface area (Å²) in [5, 5.41) is 15.6. The SMILES string of the molecule is O=c1ccc2c(cnn2-c2c(Cl)cc([N+](=O)[O-])cc2Cl)n1CC1CCCC1. The van der Waals surface area contributed by atoms with E-state index in [0.29, 0.717) is 29.2 Å². The largest absolute Gasteiger partial charge is 0.305 e. The number of non-ortho nitro benzene ring substituents is 1. The van der Waals surface area contributed by atoms with Gasteiger partial charge in [-0.2, -0.15) is 5.10 Å². The van der Waals surface area contributed by atoms with Gasteiger partial charge in [-0.3, -0.25) is 14.9 Å². The standard InChI is InChI=1S/C18H16Cl2N4O3/c19-13-7-12(24(26)27)8-14(20)18(13)23-15-5-6-17(25)22(16(15)9-21-23)10-11-3-1-2-4-11/h5-9,11H,1-4,10H2. The molecular weight excluding hydrogens is 391 g/mol. The highest BCUT2D eigenvalue weighted by molar-refractivity contribution is 6.38. The second kappa shape index (κ2) is 6.98. The van der Waals surface area contributed by atoms with Crippen molar-refractivity contribution in [3.63, 3.8) is 0 Å². The molecule has 2 heterocycles. The third kappa shape index (κ3) is 3.21. The van der Waals surface area contributed by atoms with Crippen LogP contribution in [0, 0.1) is 16.0 Å². The fraction of sp³-hybridized carbons (Fsp3) is 0.333. The van der Waals surface area contributed by atoms with Crippen LogP contribution in [-0.2, 0) is 6.54 Å². The van der Waals surface area contributed by atoms with Crippen LogP contribution < -0.4 is 5.56 Å². The van der Waals surface area contributed by atoms with Gasteiger partial charge in [-0.1, -0.05) is 36.0 Å². The average molecular weight is 407 g/mol. The van der Waals surface area contributed by atoms with Crippen molar-refractivity contribution in [2.24, 2.45) is 5.92 Å². The van der Waals surface area contributed by atoms with Gasteiger partial charge < -0.3 is 4.57 Å². The predicted octanol–water partition coefficient (Wildman–Crippen LogP) is 4.59. The normalized spacial score (nSPS) is 14.9. The molecule has 0 atom stereocenters. The van der Waals surface area contributed by atoms with Crippen LogP contribution in [0.25, 0.3) is 16.7 Å². The summed E-state index contributed by atoms with van der Waals surface area (Å²) >= 11 is 12.5. The number of hydrogen-bond acceptors (Lipinski definition) is 4. The van der Waals surface area contributed by atoms with Gasteiger partial charge in [0.2, 0.25) is 0 Å². The Kier molecular flexibility index (Phi) is 4.65. The van der Waals surface area contributed by atoms with E-state index in [1.54, 1.807) is 16.8 Å². The van der Waals surface area contributed by atoms with Crippen molar-refractivity contribution < 1.29 is 4.92 Å². The van der Waals surface area contributed by atoms with Crippen molar-refractivity contribution >= 4 is 39.9 Å². The maximum absolute atomic E-state index is 12.4. The summed E-state index contributed by atoms with van der Waals surface area (Å²) in [6.07, 6.45) is 6.25. The molecule has 140 valence electrons. The van der Waals surface area contributed by atoms with Gasteiger partial charge in [-0.25, -0.2) is 4.68 Å². The molecular formula is C18H16Cl2N4O3. The number of halogens is 2. The highest BCUT2D eigenvalue weighted by Gasteiger charge is 2.21. The number of nitro groups is 1. The molecule has 1 aliphatic rings. The Hall–Kier alpha value is -2.38. The Labute approximate surface area is 164 Å². The quantitative estimate of drug-likeness (QED) is 0.468. The molecule has 0 unspecified atom stereocenters. The fourth-order valence-electron chi connectivity index (χ4n) is 3.75. The minimum Gasteiger partial charge on any atom is -0.305 e. The molecule has 0 radical (unpaired) electrons. The number of fused-ring (bicyclic) bond motifs is 1. The lowest BCUT2D eigenvalue weighted by Gasteiger charge is -2.13. The number of hydrogen-bond donors (Lipinski definition) is 0. The first-order valence-corrected chi connectivity index (χ1v) is 9.42. The number of nitro benzene ring substituents is 1. The Balaban J connectivity index is 1.85. The molecule has 1 aromatic carbocycles. The summed E-state index contributed by atoms with van der Waals surface area (Å²) in [5.74, 6) is 0.489. The molecule has 3 aromatic rings. The third-order valence-corrected chi connectivity index (χ3v) is 5.64. The number of pyridine rings is 1. The Morgan fingerprint density at radius 2 is 1.81 bits per heavy atom. The topological polar surface area (TPSA) is 83.0 Å². The number of nitrogens with zero attached hydrogens (tertiary/aromatic N) is 4. The maximum Gasteiger partial charge on any atom is 0.272 e. The average Bonchev–Trinajstić information content (AvgIpc) is 3.27. The Morgan fingerprint density at radius 3 is 2.44 bits per heavy atom. The van der Waals surface area contributed by atoms with E-state index in [-0.39, 0.29) is 21.3 Å². The lowest BCUT2D eigenvalue weighted by Crippen LogP contribution is -2.22. The van der Waals surface area contributed by atoms with Crippen molar-refractivity contribution in [3.05, 3.63) is 61.0 Å². The van der Waals surface area contributed by atoms with Gasteiger partial charge in [0.05, 0.1) is 32.2 Å². The van der Waals surface area contributed by atoms with Crippen molar-refractivity contribution in [2.75, 3.05) is 0 Å². The minimum absolute atomic E-state index is 0.0742. The van der Waals surface area contributed by atoms with Crippen molar-refractivity contribution in [1.29, 1.82) is 0 Å². The lowest BCUT2D eigenvalue weighted by molar-refractivity contribution is -0.384. The van der Waals surface area contributed by atoms with E-state index in [1.165, 1.54) is 35.7 Å². The highest BCUT2D eigenvalue weighted by Crippen LogP contribution is 2.34. The van der Waals surface area contributed by atoms with Gasteiger partial charge in [0.15, 0.2) is 0 Å². The zero-order valence-electron chi connectivity index (χ0n) is 14.3. The summed E-state index contributed by atoms with van der Waals surface area (Å²) in [5.41, 5.74) is 1.45. The van der Waals surface area contributed by atoms with Gasteiger partial charge in [0.25, 0.3) is 11.2 Å². The van der Waals surface area contributed by atoms with Gasteiger partial charge in [0.1, 0.15) is 5.69 Å². The van der Waals surface area contributed by atoms with E-state index in [2.05, 4.69) is 5.10 Å². The lowest BCUT2D eigenvalue weighted by atomic mass is 10.1. The zero-order valence-corrected chi connectivity index (χ0v) is 15.8. The van der Waals surface area contributed by atoms with Crippen LogP contribution in [0.4, 0.5) is 5.69 Å². The van der Waals surface area contributed by atoms with Gasteiger partial charge in [-0.05, 0) is 24.8 Å². The molecule has 27 heavy (non-hydrogen) atoms. The van der Waals surface area contributed by atoms with Crippen LogP contribution in [0.2, 0.25) is 10.0 Å². The number of benzene rings is 1. The molecule has 0 saturated heterocycles. The third-order valence-electron chi connectivity index (χ3n) is 5.07. The van der Waals surface area contributed by atoms with E-state index in [9.17, 15) is 14.9 Å². The van der Waals surface area contributed by atoms with Crippen LogP contribution in [0.5, 0.6) is 0 Å². The van der Waals surface area contributed by atoms with Gasteiger partial charge in [-0.15, -0.1) is 0 Å². The smallest absolute Gasteiger partial charge is 0.272 e. The van der Waals surface area contributed by atoms with E-state index in [1.807, 2.05) is 0 Å². The first-order chi connectivity index (χ1) is 13.0. The monoisotopic (exact) mass is 406 g/mol. The fourth-order valence-corrected chi connectivity index (χ4v) is 4.39. The molecule has 1 aliphatic carbocycles. The van der Waals surface area contributed by atoms with Crippen LogP contribution in [0.3, 0.4) is 0 Å². The molecule has 0 amide bonds. The first kappa shape index (κ1) is 18.0. The van der Waals surface area contributed by atoms with Crippen molar-refractivity contribution in [1.82, 2.24) is 14.3 Å². The van der Waals surface area contributed by atoms with Crippen LogP contribution in [0.1, 0.15) is 25.7 Å². The first-order valence-electron chi connectivity index (χ1n) is 8.67. The predicted molar refractivity (Wildman–Crippen MR) is 104 cm³/mol. The van der Waals surface area contributed by atoms with Crippen molar-refractivity contribution in [3.8, 4) is 5.69 Å². The molecule has 0 N–H and O–H groups in total. The molecule has 1 fully saturated rings. The summed E-state index contributed by atoms with van der Waals surface area (Å²) in [7, 11) is 0. The molecule has 0 spiro atoms. The Morgan fingerprint density at radius 1 is 1.15 bits per heavy atom. The van der Waals surface area contributed by atoms with Gasteiger partial charge >= 0.3 is 0 Å². The minimum atomic E-state index is -0.554. The second-order valence-corrected chi connectivity index (χ2v) is 7.59. The van der Waals surface area contributed by atoms with Crippen molar-refractivity contribution in [2.45, 2.75) is 32.2 Å². The van der Waals surface area contributed by atoms with E-state index >= 15 is 0 Å². The highest BCUT2D eigenvalue weighted by atomic mass is 35.5. The maximum atomic E-state index is 12.4. The van der Waals surface area contributed by atoms with E-state index < -0.39 is 4.92 Å². The zero-order chi connectivity index (χ0) is 19.1. The Bertz CT molecular complexity index is 1080. The van der Waals surface area contributed by atoms with E-state index in [4.69, 9.17) is 23.2 Å². The molecule has 2 aromatic heterocycles. The van der Waals surface area contributed by atoms with E-state index in [0.717, 1.165) is 12.8 Å². The summed E-state index contributed by atoms with van der Waals surface area (Å²) in [4.78, 5) is 22.9. The summed E-state index contributed by atoms with van der Waals surface area (Å²) in [6, 6.07) is 5.65. The molecule has 7 nitrogen and oxygen atoms in total. The van der Waals surface area contributed by atoms with Crippen LogP contribution >= 0.6 is 23.2 Å². The molecule has 0 aliphatic heterocycles.